The number of rotatable bonds is 3. The van der Waals surface area contributed by atoms with E-state index in [-0.39, 0.29) is 12.3 Å². The Hall–Kier alpha value is -1.69. The molecular formula is C10H10F3NO2. The van der Waals surface area contributed by atoms with Crippen molar-refractivity contribution in [3.63, 3.8) is 0 Å². The van der Waals surface area contributed by atoms with Crippen molar-refractivity contribution < 1.29 is 23.0 Å². The second-order valence-electron chi connectivity index (χ2n) is 2.93. The van der Waals surface area contributed by atoms with E-state index in [1.54, 1.807) is 0 Å². The van der Waals surface area contributed by atoms with E-state index in [4.69, 9.17) is 10.8 Å². The van der Waals surface area contributed by atoms with Crippen LogP contribution in [0.4, 0.5) is 18.9 Å². The molecule has 1 aromatic carbocycles. The summed E-state index contributed by atoms with van der Waals surface area (Å²) in [6.07, 6.45) is -1.77. The summed E-state index contributed by atoms with van der Waals surface area (Å²) in [6, 6.07) is 3.86. The molecule has 0 amide bonds. The molecule has 0 fully saturated rings. The number of anilines is 1. The molecule has 0 atom stereocenters. The van der Waals surface area contributed by atoms with Crippen molar-refractivity contribution >= 4 is 11.8 Å². The molecule has 0 aliphatic rings. The van der Waals surface area contributed by atoms with Crippen molar-refractivity contribution in [3.8, 4) is 5.75 Å². The lowest BCUT2D eigenvalue weighted by Crippen LogP contribution is -2.18. The molecule has 0 aliphatic carbocycles. The Labute approximate surface area is 89.9 Å². The number of nitrogen functional groups attached to an aromatic ring is 1. The van der Waals surface area contributed by atoms with E-state index in [1.165, 1.54) is 24.3 Å². The zero-order valence-electron chi connectivity index (χ0n) is 8.16. The Bertz CT molecular complexity index is 388. The highest BCUT2D eigenvalue weighted by Gasteiger charge is 2.31. The van der Waals surface area contributed by atoms with E-state index in [9.17, 15) is 13.2 Å². The molecule has 0 aliphatic heterocycles. The molecule has 0 saturated heterocycles. The lowest BCUT2D eigenvalue weighted by Gasteiger charge is -2.11. The standard InChI is InChI=1S/C10H10F3NO2/c11-10(12,13)16-9-4-3-7(2-1-5-15)6-8(9)14/h1-4,6,15H,5,14H2. The van der Waals surface area contributed by atoms with Gasteiger partial charge in [0, 0.05) is 0 Å². The van der Waals surface area contributed by atoms with Crippen LogP contribution in [0.2, 0.25) is 0 Å². The van der Waals surface area contributed by atoms with Gasteiger partial charge in [-0.25, -0.2) is 0 Å². The predicted molar refractivity (Wildman–Crippen MR) is 53.7 cm³/mol. The fraction of sp³-hybridized carbons (Fsp3) is 0.200. The van der Waals surface area contributed by atoms with Crippen LogP contribution in [0, 0.1) is 0 Å². The van der Waals surface area contributed by atoms with Gasteiger partial charge in [-0.3, -0.25) is 0 Å². The van der Waals surface area contributed by atoms with Gasteiger partial charge in [0.15, 0.2) is 5.75 Å². The van der Waals surface area contributed by atoms with E-state index in [0.29, 0.717) is 5.56 Å². The minimum absolute atomic E-state index is 0.114. The number of ether oxygens (including phenoxy) is 1. The van der Waals surface area contributed by atoms with Crippen LogP contribution in [0.1, 0.15) is 5.56 Å². The molecule has 0 aromatic heterocycles. The molecule has 0 heterocycles. The van der Waals surface area contributed by atoms with Crippen molar-refractivity contribution in [2.45, 2.75) is 6.36 Å². The Kier molecular flexibility index (Phi) is 3.78. The maximum absolute atomic E-state index is 11.9. The molecule has 16 heavy (non-hydrogen) atoms. The molecule has 3 nitrogen and oxygen atoms in total. The topological polar surface area (TPSA) is 55.5 Å². The smallest absolute Gasteiger partial charge is 0.404 e. The molecule has 0 radical (unpaired) electrons. The number of hydrogen-bond donors (Lipinski definition) is 2. The van der Waals surface area contributed by atoms with E-state index in [2.05, 4.69) is 4.74 Å². The Balaban J connectivity index is 2.87. The minimum atomic E-state index is -4.75. The summed E-state index contributed by atoms with van der Waals surface area (Å²) in [7, 11) is 0. The summed E-state index contributed by atoms with van der Waals surface area (Å²) in [6.45, 7) is -0.152. The predicted octanol–water partition coefficient (Wildman–Crippen LogP) is 2.17. The maximum Gasteiger partial charge on any atom is 0.573 e. The van der Waals surface area contributed by atoms with E-state index in [1.807, 2.05) is 0 Å². The Morgan fingerprint density at radius 2 is 2.06 bits per heavy atom. The van der Waals surface area contributed by atoms with Gasteiger partial charge in [-0.15, -0.1) is 13.2 Å². The lowest BCUT2D eigenvalue weighted by atomic mass is 10.2. The molecule has 88 valence electrons. The average molecular weight is 233 g/mol. The molecule has 1 aromatic rings. The van der Waals surface area contributed by atoms with Crippen molar-refractivity contribution in [3.05, 3.63) is 29.8 Å². The van der Waals surface area contributed by atoms with Crippen LogP contribution in [-0.4, -0.2) is 18.1 Å². The zero-order valence-corrected chi connectivity index (χ0v) is 8.16. The van der Waals surface area contributed by atoms with Gasteiger partial charge in [0.2, 0.25) is 0 Å². The van der Waals surface area contributed by atoms with Crippen LogP contribution in [0.25, 0.3) is 6.08 Å². The highest BCUT2D eigenvalue weighted by atomic mass is 19.4. The molecule has 0 spiro atoms. The first-order valence-corrected chi connectivity index (χ1v) is 4.35. The summed E-state index contributed by atoms with van der Waals surface area (Å²) < 4.78 is 39.4. The number of aliphatic hydroxyl groups excluding tert-OH is 1. The third-order valence-electron chi connectivity index (χ3n) is 1.68. The molecule has 0 bridgehead atoms. The van der Waals surface area contributed by atoms with E-state index < -0.39 is 12.1 Å². The van der Waals surface area contributed by atoms with Crippen molar-refractivity contribution in [2.75, 3.05) is 12.3 Å². The first kappa shape index (κ1) is 12.4. The fourth-order valence-electron chi connectivity index (χ4n) is 1.08. The lowest BCUT2D eigenvalue weighted by molar-refractivity contribution is -0.274. The Morgan fingerprint density at radius 3 is 2.56 bits per heavy atom. The third kappa shape index (κ3) is 3.82. The van der Waals surface area contributed by atoms with Crippen molar-refractivity contribution in [2.24, 2.45) is 0 Å². The van der Waals surface area contributed by atoms with Crippen molar-refractivity contribution in [1.82, 2.24) is 0 Å². The first-order chi connectivity index (χ1) is 7.42. The number of hydrogen-bond acceptors (Lipinski definition) is 3. The van der Waals surface area contributed by atoms with Gasteiger partial charge in [-0.2, -0.15) is 0 Å². The number of alkyl halides is 3. The van der Waals surface area contributed by atoms with Crippen LogP contribution in [0.5, 0.6) is 5.75 Å². The molecule has 1 rings (SSSR count). The van der Waals surface area contributed by atoms with Gasteiger partial charge >= 0.3 is 6.36 Å². The number of halogens is 3. The monoisotopic (exact) mass is 233 g/mol. The highest BCUT2D eigenvalue weighted by molar-refractivity contribution is 5.61. The summed E-state index contributed by atoms with van der Waals surface area (Å²) in [5, 5.41) is 8.51. The van der Waals surface area contributed by atoms with Crippen LogP contribution >= 0.6 is 0 Å². The first-order valence-electron chi connectivity index (χ1n) is 4.35. The maximum atomic E-state index is 11.9. The molecule has 0 unspecified atom stereocenters. The molecular weight excluding hydrogens is 223 g/mol. The highest BCUT2D eigenvalue weighted by Crippen LogP contribution is 2.29. The third-order valence-corrected chi connectivity index (χ3v) is 1.68. The van der Waals surface area contributed by atoms with Gasteiger partial charge in [0.05, 0.1) is 12.3 Å². The zero-order chi connectivity index (χ0) is 12.2. The second kappa shape index (κ2) is 4.89. The van der Waals surface area contributed by atoms with Crippen LogP contribution in [0.15, 0.2) is 24.3 Å². The molecule has 6 heteroatoms. The summed E-state index contributed by atoms with van der Waals surface area (Å²) in [5.74, 6) is -0.436. The second-order valence-corrected chi connectivity index (χ2v) is 2.93. The largest absolute Gasteiger partial charge is 0.573 e. The van der Waals surface area contributed by atoms with Gasteiger partial charge in [0.1, 0.15) is 0 Å². The van der Waals surface area contributed by atoms with Crippen LogP contribution < -0.4 is 10.5 Å². The van der Waals surface area contributed by atoms with E-state index in [0.717, 1.165) is 6.07 Å². The number of aliphatic hydroxyl groups is 1. The number of nitrogens with two attached hydrogens (primary N) is 1. The fourth-order valence-corrected chi connectivity index (χ4v) is 1.08. The molecule has 0 saturated carbocycles. The van der Waals surface area contributed by atoms with Gasteiger partial charge in [0.25, 0.3) is 0 Å². The Morgan fingerprint density at radius 1 is 1.38 bits per heavy atom. The summed E-state index contributed by atoms with van der Waals surface area (Å²) >= 11 is 0. The van der Waals surface area contributed by atoms with E-state index >= 15 is 0 Å². The van der Waals surface area contributed by atoms with Gasteiger partial charge in [-0.1, -0.05) is 18.2 Å². The minimum Gasteiger partial charge on any atom is -0.404 e. The van der Waals surface area contributed by atoms with Crippen LogP contribution in [0.3, 0.4) is 0 Å². The van der Waals surface area contributed by atoms with Gasteiger partial charge in [-0.05, 0) is 17.7 Å². The SMILES string of the molecule is Nc1cc(C=CCO)ccc1OC(F)(F)F. The summed E-state index contributed by atoms with van der Waals surface area (Å²) in [5.41, 5.74) is 5.85. The van der Waals surface area contributed by atoms with Crippen LogP contribution in [-0.2, 0) is 0 Å². The summed E-state index contributed by atoms with van der Waals surface area (Å²) in [4.78, 5) is 0. The van der Waals surface area contributed by atoms with Gasteiger partial charge < -0.3 is 15.6 Å². The normalized spacial score (nSPS) is 12.0. The molecule has 3 N–H and O–H groups in total. The average Bonchev–Trinajstić information content (AvgIpc) is 2.17. The number of benzene rings is 1. The quantitative estimate of drug-likeness (QED) is 0.786. The van der Waals surface area contributed by atoms with Crippen molar-refractivity contribution in [1.29, 1.82) is 0 Å².